The quantitative estimate of drug-likeness (QED) is 0.790. The van der Waals surface area contributed by atoms with Crippen molar-refractivity contribution in [1.29, 1.82) is 0 Å². The number of carbonyl (C=O) groups excluding carboxylic acids is 2. The van der Waals surface area contributed by atoms with E-state index >= 15 is 0 Å². The monoisotopic (exact) mass is 334 g/mol. The molecule has 7 nitrogen and oxygen atoms in total. The van der Waals surface area contributed by atoms with E-state index in [2.05, 4.69) is 0 Å². The number of likely N-dealkylation sites (tertiary alicyclic amines) is 1. The number of carboxylic acids is 1. The van der Waals surface area contributed by atoms with Crippen LogP contribution in [0.25, 0.3) is 0 Å². The maximum atomic E-state index is 12.1. The number of ether oxygens (including phenoxy) is 1. The van der Waals surface area contributed by atoms with Gasteiger partial charge in [0, 0.05) is 33.6 Å². The third-order valence-corrected chi connectivity index (χ3v) is 3.97. The van der Waals surface area contributed by atoms with E-state index in [1.165, 1.54) is 17.0 Å². The Morgan fingerprint density at radius 1 is 1.21 bits per heavy atom. The Morgan fingerprint density at radius 3 is 2.38 bits per heavy atom. The van der Waals surface area contributed by atoms with Gasteiger partial charge in [-0.25, -0.2) is 4.79 Å². The Bertz CT molecular complexity index is 606. The summed E-state index contributed by atoms with van der Waals surface area (Å²) in [4.78, 5) is 37.4. The molecule has 1 fully saturated rings. The number of hydrogen-bond donors (Lipinski definition) is 1. The van der Waals surface area contributed by atoms with E-state index in [9.17, 15) is 14.4 Å². The van der Waals surface area contributed by atoms with Crippen LogP contribution in [0.15, 0.2) is 24.3 Å². The van der Waals surface area contributed by atoms with E-state index < -0.39 is 5.97 Å². The van der Waals surface area contributed by atoms with Crippen LogP contribution in [0.1, 0.15) is 22.3 Å². The summed E-state index contributed by atoms with van der Waals surface area (Å²) < 4.78 is 5.44. The van der Waals surface area contributed by atoms with Gasteiger partial charge in [0.05, 0.1) is 11.7 Å². The first-order chi connectivity index (χ1) is 11.4. The molecule has 130 valence electrons. The highest BCUT2D eigenvalue weighted by Gasteiger charge is 2.31. The molecule has 0 atom stereocenters. The lowest BCUT2D eigenvalue weighted by molar-refractivity contribution is -0.150. The van der Waals surface area contributed by atoms with Crippen LogP contribution in [0.3, 0.4) is 0 Å². The van der Waals surface area contributed by atoms with Crippen molar-refractivity contribution in [2.45, 2.75) is 18.9 Å². The third kappa shape index (κ3) is 4.79. The minimum atomic E-state index is -0.961. The molecule has 2 amide bonds. The molecule has 1 aliphatic heterocycles. The second-order valence-corrected chi connectivity index (χ2v) is 6.02. The van der Waals surface area contributed by atoms with Crippen LogP contribution in [0.4, 0.5) is 0 Å². The Morgan fingerprint density at radius 2 is 1.83 bits per heavy atom. The molecule has 0 radical (unpaired) electrons. The summed E-state index contributed by atoms with van der Waals surface area (Å²) in [5.74, 6) is -1.02. The first kappa shape index (κ1) is 17.9. The van der Waals surface area contributed by atoms with Gasteiger partial charge in [0.15, 0.2) is 0 Å². The van der Waals surface area contributed by atoms with Gasteiger partial charge in [-0.15, -0.1) is 0 Å². The summed E-state index contributed by atoms with van der Waals surface area (Å²) in [6.07, 6.45) is 0.864. The highest BCUT2D eigenvalue weighted by atomic mass is 16.5. The van der Waals surface area contributed by atoms with Crippen LogP contribution < -0.4 is 0 Å². The Labute approximate surface area is 140 Å². The lowest BCUT2D eigenvalue weighted by Gasteiger charge is -2.39. The zero-order valence-electron chi connectivity index (χ0n) is 13.9. The summed E-state index contributed by atoms with van der Waals surface area (Å²) in [6, 6.07) is 6.53. The van der Waals surface area contributed by atoms with Crippen molar-refractivity contribution in [3.05, 3.63) is 35.4 Å². The average Bonchev–Trinajstić information content (AvgIpc) is 2.51. The van der Waals surface area contributed by atoms with E-state index in [0.717, 1.165) is 5.56 Å². The van der Waals surface area contributed by atoms with Gasteiger partial charge < -0.3 is 19.6 Å². The van der Waals surface area contributed by atoms with Crippen molar-refractivity contribution in [3.8, 4) is 0 Å². The first-order valence-corrected chi connectivity index (χ1v) is 7.78. The summed E-state index contributed by atoms with van der Waals surface area (Å²) in [5.41, 5.74) is 1.17. The van der Waals surface area contributed by atoms with Gasteiger partial charge in [-0.1, -0.05) is 12.1 Å². The molecule has 0 bridgehead atoms. The van der Waals surface area contributed by atoms with E-state index in [1.807, 2.05) is 0 Å². The fourth-order valence-corrected chi connectivity index (χ4v) is 2.29. The largest absolute Gasteiger partial charge is 0.478 e. The molecule has 7 heteroatoms. The number of benzene rings is 1. The van der Waals surface area contributed by atoms with Crippen LogP contribution in [0.5, 0.6) is 0 Å². The summed E-state index contributed by atoms with van der Waals surface area (Å²) in [7, 11) is 3.34. The third-order valence-electron chi connectivity index (χ3n) is 3.97. The number of carboxylic acid groups (broad SMARTS) is 1. The SMILES string of the molecule is CN(C)C(=O)COC1CN(C(=O)CCc2ccc(C(=O)O)cc2)C1. The molecule has 1 heterocycles. The van der Waals surface area contributed by atoms with Crippen molar-refractivity contribution in [2.24, 2.45) is 0 Å². The van der Waals surface area contributed by atoms with Gasteiger partial charge in [0.1, 0.15) is 6.61 Å². The smallest absolute Gasteiger partial charge is 0.335 e. The predicted octanol–water partition coefficient (Wildman–Crippen LogP) is 0.633. The summed E-state index contributed by atoms with van der Waals surface area (Å²) in [5, 5.41) is 8.84. The summed E-state index contributed by atoms with van der Waals surface area (Å²) in [6.45, 7) is 1.06. The zero-order chi connectivity index (χ0) is 17.7. The predicted molar refractivity (Wildman–Crippen MR) is 86.7 cm³/mol. The molecule has 1 N–H and O–H groups in total. The maximum Gasteiger partial charge on any atom is 0.335 e. The van der Waals surface area contributed by atoms with Gasteiger partial charge in [-0.05, 0) is 24.1 Å². The standard InChI is InChI=1S/C17H22N2O5/c1-18(2)16(21)11-24-14-9-19(10-14)15(20)8-5-12-3-6-13(7-4-12)17(22)23/h3-4,6-7,14H,5,8-11H2,1-2H3,(H,22,23). The van der Waals surface area contributed by atoms with Crippen molar-refractivity contribution < 1.29 is 24.2 Å². The van der Waals surface area contributed by atoms with Crippen LogP contribution >= 0.6 is 0 Å². The second kappa shape index (κ2) is 7.92. The Balaban J connectivity index is 1.67. The van der Waals surface area contributed by atoms with E-state index in [4.69, 9.17) is 9.84 Å². The van der Waals surface area contributed by atoms with Crippen LogP contribution in [0.2, 0.25) is 0 Å². The maximum absolute atomic E-state index is 12.1. The minimum Gasteiger partial charge on any atom is -0.478 e. The lowest BCUT2D eigenvalue weighted by atomic mass is 10.1. The number of rotatable bonds is 7. The average molecular weight is 334 g/mol. The van der Waals surface area contributed by atoms with Crippen molar-refractivity contribution in [2.75, 3.05) is 33.8 Å². The highest BCUT2D eigenvalue weighted by Crippen LogP contribution is 2.15. The number of carbonyl (C=O) groups is 3. The van der Waals surface area contributed by atoms with Gasteiger partial charge in [-0.2, -0.15) is 0 Å². The zero-order valence-corrected chi connectivity index (χ0v) is 13.9. The van der Waals surface area contributed by atoms with Crippen LogP contribution in [-0.2, 0) is 20.7 Å². The fraction of sp³-hybridized carbons (Fsp3) is 0.471. The van der Waals surface area contributed by atoms with E-state index in [0.29, 0.717) is 25.9 Å². The first-order valence-electron chi connectivity index (χ1n) is 7.78. The normalized spacial score (nSPS) is 14.2. The van der Waals surface area contributed by atoms with Crippen molar-refractivity contribution >= 4 is 17.8 Å². The van der Waals surface area contributed by atoms with Gasteiger partial charge in [0.25, 0.3) is 0 Å². The fourth-order valence-electron chi connectivity index (χ4n) is 2.29. The van der Waals surface area contributed by atoms with Crippen LogP contribution in [0, 0.1) is 0 Å². The summed E-state index contributed by atoms with van der Waals surface area (Å²) >= 11 is 0. The van der Waals surface area contributed by atoms with Crippen LogP contribution in [-0.4, -0.2) is 72.6 Å². The van der Waals surface area contributed by atoms with Crippen molar-refractivity contribution in [3.63, 3.8) is 0 Å². The molecular formula is C17H22N2O5. The minimum absolute atomic E-state index is 0.0373. The van der Waals surface area contributed by atoms with Crippen molar-refractivity contribution in [1.82, 2.24) is 9.80 Å². The van der Waals surface area contributed by atoms with Gasteiger partial charge in [-0.3, -0.25) is 9.59 Å². The van der Waals surface area contributed by atoms with Gasteiger partial charge >= 0.3 is 5.97 Å². The Kier molecular flexibility index (Phi) is 5.92. The number of nitrogens with zero attached hydrogens (tertiary/aromatic N) is 2. The number of aromatic carboxylic acids is 1. The molecule has 2 rings (SSSR count). The Hall–Kier alpha value is -2.41. The number of aryl methyl sites for hydroxylation is 1. The molecule has 1 aromatic rings. The molecule has 0 aliphatic carbocycles. The molecule has 1 saturated heterocycles. The van der Waals surface area contributed by atoms with E-state index in [1.54, 1.807) is 31.1 Å². The highest BCUT2D eigenvalue weighted by molar-refractivity contribution is 5.87. The van der Waals surface area contributed by atoms with Gasteiger partial charge in [0.2, 0.25) is 11.8 Å². The molecule has 0 unspecified atom stereocenters. The topological polar surface area (TPSA) is 87.2 Å². The number of likely N-dealkylation sites (N-methyl/N-ethyl adjacent to an activating group) is 1. The second-order valence-electron chi connectivity index (χ2n) is 6.02. The molecular weight excluding hydrogens is 312 g/mol. The number of hydrogen-bond acceptors (Lipinski definition) is 4. The molecule has 1 aromatic carbocycles. The molecule has 1 aliphatic rings. The number of amides is 2. The molecule has 0 aromatic heterocycles. The molecule has 0 spiro atoms. The van der Waals surface area contributed by atoms with E-state index in [-0.39, 0.29) is 30.1 Å². The molecule has 0 saturated carbocycles. The lowest BCUT2D eigenvalue weighted by Crippen LogP contribution is -2.55. The molecule has 24 heavy (non-hydrogen) atoms.